The Hall–Kier alpha value is -4.53. The largest absolute Gasteiger partial charge is 0.496 e. The molecule has 9 nitrogen and oxygen atoms in total. The lowest BCUT2D eigenvalue weighted by Crippen LogP contribution is -2.21. The Kier molecular flexibility index (Phi) is 7.57. The number of nitrogens with zero attached hydrogens (tertiary/aromatic N) is 4. The van der Waals surface area contributed by atoms with Gasteiger partial charge in [-0.2, -0.15) is 9.78 Å². The molecule has 0 saturated carbocycles. The van der Waals surface area contributed by atoms with Gasteiger partial charge in [0.2, 0.25) is 0 Å². The van der Waals surface area contributed by atoms with E-state index in [0.29, 0.717) is 28.0 Å². The molecule has 0 aliphatic rings. The van der Waals surface area contributed by atoms with Crippen LogP contribution in [0.3, 0.4) is 0 Å². The van der Waals surface area contributed by atoms with E-state index in [0.717, 1.165) is 22.4 Å². The molecule has 0 radical (unpaired) electrons. The highest BCUT2D eigenvalue weighted by Crippen LogP contribution is 2.34. The van der Waals surface area contributed by atoms with Crippen LogP contribution in [0.5, 0.6) is 11.5 Å². The highest BCUT2D eigenvalue weighted by atomic mass is 16.6. The molecular weight excluding hydrogens is 484 g/mol. The van der Waals surface area contributed by atoms with E-state index < -0.39 is 4.92 Å². The van der Waals surface area contributed by atoms with Gasteiger partial charge in [-0.1, -0.05) is 26.0 Å². The van der Waals surface area contributed by atoms with Crippen molar-refractivity contribution in [2.75, 3.05) is 7.11 Å². The highest BCUT2D eigenvalue weighted by Gasteiger charge is 2.19. The van der Waals surface area contributed by atoms with Gasteiger partial charge >= 0.3 is 0 Å². The third-order valence-electron chi connectivity index (χ3n) is 6.07. The second kappa shape index (κ2) is 10.8. The van der Waals surface area contributed by atoms with Gasteiger partial charge in [-0.3, -0.25) is 14.9 Å². The van der Waals surface area contributed by atoms with Crippen LogP contribution < -0.4 is 15.0 Å². The van der Waals surface area contributed by atoms with Gasteiger partial charge in [0.05, 0.1) is 35.3 Å². The molecule has 4 aromatic rings. The second-order valence-electron chi connectivity index (χ2n) is 9.52. The Bertz CT molecular complexity index is 1610. The molecular formula is C29H30N4O5. The topological polar surface area (TPSA) is 109 Å². The third-order valence-corrected chi connectivity index (χ3v) is 6.07. The van der Waals surface area contributed by atoms with Gasteiger partial charge in [0.1, 0.15) is 11.5 Å². The van der Waals surface area contributed by atoms with Crippen LogP contribution in [0, 0.1) is 17.0 Å². The minimum absolute atomic E-state index is 0.112. The molecule has 0 spiro atoms. The Balaban J connectivity index is 1.99. The van der Waals surface area contributed by atoms with E-state index in [-0.39, 0.29) is 23.3 Å². The number of ether oxygens (including phenoxy) is 2. The number of hydrogen-bond donors (Lipinski definition) is 0. The van der Waals surface area contributed by atoms with Crippen LogP contribution in [0.4, 0.5) is 5.69 Å². The Morgan fingerprint density at radius 1 is 1.05 bits per heavy atom. The molecule has 0 aliphatic heterocycles. The van der Waals surface area contributed by atoms with Crippen molar-refractivity contribution in [1.29, 1.82) is 0 Å². The summed E-state index contributed by atoms with van der Waals surface area (Å²) in [5, 5.41) is 16.3. The number of nitro benzene ring substituents is 1. The van der Waals surface area contributed by atoms with Gasteiger partial charge in [-0.05, 0) is 68.1 Å². The number of aryl methyl sites for hydroxylation is 1. The minimum Gasteiger partial charge on any atom is -0.496 e. The number of benzene rings is 3. The molecule has 0 amide bonds. The van der Waals surface area contributed by atoms with Crippen molar-refractivity contribution in [1.82, 2.24) is 9.66 Å². The SMILES string of the molecule is COc1cc(C)c(-c2nc3ccccc3c(=O)n2N=Cc2cc([N+](=O)[O-])ccc2OC(C)C)cc1C(C)C. The summed E-state index contributed by atoms with van der Waals surface area (Å²) in [7, 11) is 1.63. The molecule has 9 heteroatoms. The van der Waals surface area contributed by atoms with Crippen molar-refractivity contribution in [3.63, 3.8) is 0 Å². The van der Waals surface area contributed by atoms with E-state index in [1.54, 1.807) is 25.3 Å². The summed E-state index contributed by atoms with van der Waals surface area (Å²) in [6.45, 7) is 9.77. The third kappa shape index (κ3) is 5.27. The summed E-state index contributed by atoms with van der Waals surface area (Å²) in [6, 6.07) is 15.2. The smallest absolute Gasteiger partial charge is 0.282 e. The predicted molar refractivity (Wildman–Crippen MR) is 149 cm³/mol. The van der Waals surface area contributed by atoms with E-state index in [9.17, 15) is 14.9 Å². The summed E-state index contributed by atoms with van der Waals surface area (Å²) in [6.07, 6.45) is 1.23. The monoisotopic (exact) mass is 514 g/mol. The average Bonchev–Trinajstić information content (AvgIpc) is 2.88. The highest BCUT2D eigenvalue weighted by molar-refractivity contribution is 5.85. The zero-order chi connectivity index (χ0) is 27.6. The van der Waals surface area contributed by atoms with Gasteiger partial charge in [0, 0.05) is 23.3 Å². The molecule has 1 aromatic heterocycles. The minimum atomic E-state index is -0.486. The molecule has 0 fully saturated rings. The Labute approximate surface area is 220 Å². The first kappa shape index (κ1) is 26.5. The first-order valence-corrected chi connectivity index (χ1v) is 12.3. The molecule has 0 bridgehead atoms. The molecule has 196 valence electrons. The lowest BCUT2D eigenvalue weighted by Gasteiger charge is -2.17. The fourth-order valence-electron chi connectivity index (χ4n) is 4.20. The number of methoxy groups -OCH3 is 1. The molecule has 38 heavy (non-hydrogen) atoms. The van der Waals surface area contributed by atoms with Gasteiger partial charge in [0.25, 0.3) is 11.2 Å². The quantitative estimate of drug-likeness (QED) is 0.160. The summed E-state index contributed by atoms with van der Waals surface area (Å²) in [4.78, 5) is 29.4. The summed E-state index contributed by atoms with van der Waals surface area (Å²) >= 11 is 0. The van der Waals surface area contributed by atoms with Crippen molar-refractivity contribution in [3.05, 3.63) is 91.8 Å². The van der Waals surface area contributed by atoms with Gasteiger partial charge in [-0.15, -0.1) is 0 Å². The first-order valence-electron chi connectivity index (χ1n) is 12.3. The number of non-ortho nitro benzene ring substituents is 1. The van der Waals surface area contributed by atoms with Crippen LogP contribution in [0.25, 0.3) is 22.3 Å². The van der Waals surface area contributed by atoms with Crippen LogP contribution in [-0.2, 0) is 0 Å². The first-order chi connectivity index (χ1) is 18.1. The number of hydrogen-bond acceptors (Lipinski definition) is 7. The van der Waals surface area contributed by atoms with E-state index >= 15 is 0 Å². The lowest BCUT2D eigenvalue weighted by atomic mass is 9.96. The van der Waals surface area contributed by atoms with Gasteiger partial charge in [0.15, 0.2) is 5.82 Å². The van der Waals surface area contributed by atoms with Crippen molar-refractivity contribution in [2.24, 2.45) is 5.10 Å². The molecule has 3 aromatic carbocycles. The van der Waals surface area contributed by atoms with Crippen molar-refractivity contribution >= 4 is 22.8 Å². The van der Waals surface area contributed by atoms with E-state index in [2.05, 4.69) is 18.9 Å². The molecule has 0 atom stereocenters. The maximum atomic E-state index is 13.7. The average molecular weight is 515 g/mol. The zero-order valence-electron chi connectivity index (χ0n) is 22.3. The van der Waals surface area contributed by atoms with E-state index in [4.69, 9.17) is 14.5 Å². The van der Waals surface area contributed by atoms with E-state index in [1.165, 1.54) is 29.1 Å². The number of nitro groups is 1. The van der Waals surface area contributed by atoms with Crippen molar-refractivity contribution in [2.45, 2.75) is 46.6 Å². The fraction of sp³-hybridized carbons (Fsp3) is 0.276. The van der Waals surface area contributed by atoms with Crippen molar-refractivity contribution < 1.29 is 14.4 Å². The van der Waals surface area contributed by atoms with Crippen LogP contribution in [0.15, 0.2) is 64.5 Å². The maximum absolute atomic E-state index is 13.7. The number of para-hydroxylation sites is 1. The van der Waals surface area contributed by atoms with Crippen LogP contribution in [-0.4, -0.2) is 34.0 Å². The number of fused-ring (bicyclic) bond motifs is 1. The summed E-state index contributed by atoms with van der Waals surface area (Å²) in [5.41, 5.74) is 2.99. The second-order valence-corrected chi connectivity index (χ2v) is 9.52. The molecule has 0 N–H and O–H groups in total. The maximum Gasteiger partial charge on any atom is 0.282 e. The molecule has 0 saturated heterocycles. The normalized spacial score (nSPS) is 11.6. The van der Waals surface area contributed by atoms with Crippen molar-refractivity contribution in [3.8, 4) is 22.9 Å². The predicted octanol–water partition coefficient (Wildman–Crippen LogP) is 6.08. The molecule has 1 heterocycles. The molecule has 0 aliphatic carbocycles. The van der Waals surface area contributed by atoms with Crippen LogP contribution in [0.1, 0.15) is 50.3 Å². The van der Waals surface area contributed by atoms with Gasteiger partial charge < -0.3 is 9.47 Å². The van der Waals surface area contributed by atoms with Gasteiger partial charge in [-0.25, -0.2) is 4.98 Å². The number of aromatic nitrogens is 2. The number of rotatable bonds is 8. The fourth-order valence-corrected chi connectivity index (χ4v) is 4.20. The Morgan fingerprint density at radius 2 is 1.79 bits per heavy atom. The zero-order valence-corrected chi connectivity index (χ0v) is 22.3. The van der Waals surface area contributed by atoms with Crippen LogP contribution >= 0.6 is 0 Å². The van der Waals surface area contributed by atoms with E-state index in [1.807, 2.05) is 39.0 Å². The standard InChI is InChI=1S/C29H30N4O5/c1-17(2)23-15-24(19(5)13-27(23)37-6)28-31-25-10-8-7-9-22(25)29(34)32(28)30-16-20-14-21(33(35)36)11-12-26(20)38-18(3)4/h7-18H,1-6H3. The van der Waals surface area contributed by atoms with Crippen LogP contribution in [0.2, 0.25) is 0 Å². The Morgan fingerprint density at radius 3 is 2.45 bits per heavy atom. The lowest BCUT2D eigenvalue weighted by molar-refractivity contribution is -0.384. The molecule has 4 rings (SSSR count). The summed E-state index contributed by atoms with van der Waals surface area (Å²) < 4.78 is 12.7. The summed E-state index contributed by atoms with van der Waals surface area (Å²) in [5.74, 6) is 1.68. The molecule has 0 unspecified atom stereocenters.